The monoisotopic (exact) mass is 365 g/mol. The van der Waals surface area contributed by atoms with Crippen molar-refractivity contribution in [3.05, 3.63) is 27.7 Å². The second-order valence-electron chi connectivity index (χ2n) is 4.68. The molecule has 0 amide bonds. The second-order valence-corrected chi connectivity index (χ2v) is 7.50. The van der Waals surface area contributed by atoms with Crippen LogP contribution >= 0.6 is 15.9 Å². The van der Waals surface area contributed by atoms with Gasteiger partial charge in [0.25, 0.3) is 0 Å². The van der Waals surface area contributed by atoms with Gasteiger partial charge in [0.2, 0.25) is 10.0 Å². The Morgan fingerprint density at radius 3 is 2.55 bits per heavy atom. The van der Waals surface area contributed by atoms with Gasteiger partial charge in [-0.25, -0.2) is 8.42 Å². The third kappa shape index (κ3) is 3.59. The number of halogens is 1. The number of ether oxygens (including phenoxy) is 1. The van der Waals surface area contributed by atoms with E-state index in [0.717, 1.165) is 0 Å². The maximum absolute atomic E-state index is 12.7. The molecule has 1 unspecified atom stereocenters. The van der Waals surface area contributed by atoms with Crippen LogP contribution in [0.2, 0.25) is 0 Å². The molecular weight excluding hydrogens is 346 g/mol. The van der Waals surface area contributed by atoms with E-state index in [-0.39, 0.29) is 17.5 Å². The minimum Gasteiger partial charge on any atom is -0.392 e. The maximum Gasteiger partial charge on any atom is 0.243 e. The van der Waals surface area contributed by atoms with Crippen molar-refractivity contribution < 1.29 is 18.3 Å². The lowest BCUT2D eigenvalue weighted by molar-refractivity contribution is 0.149. The van der Waals surface area contributed by atoms with Gasteiger partial charge in [0.05, 0.1) is 18.1 Å². The molecule has 114 valence electrons. The van der Waals surface area contributed by atoms with E-state index in [0.29, 0.717) is 22.2 Å². The van der Waals surface area contributed by atoms with E-state index in [2.05, 4.69) is 15.9 Å². The highest BCUT2D eigenvalue weighted by atomic mass is 79.9. The van der Waals surface area contributed by atoms with E-state index < -0.39 is 10.0 Å². The Bertz CT molecular complexity index is 574. The van der Waals surface area contributed by atoms with E-state index in [9.17, 15) is 13.5 Å². The van der Waals surface area contributed by atoms with E-state index in [4.69, 9.17) is 4.74 Å². The lowest BCUT2D eigenvalue weighted by Crippen LogP contribution is -2.38. The van der Waals surface area contributed by atoms with Crippen LogP contribution in [0.4, 0.5) is 0 Å². The fraction of sp³-hybridized carbons (Fsp3) is 0.538. The summed E-state index contributed by atoms with van der Waals surface area (Å²) in [5, 5.41) is 9.23. The van der Waals surface area contributed by atoms with Crippen LogP contribution in [0.1, 0.15) is 18.1 Å². The highest BCUT2D eigenvalue weighted by Gasteiger charge is 2.27. The predicted octanol–water partition coefficient (Wildman–Crippen LogP) is 1.91. The fourth-order valence-corrected chi connectivity index (χ4v) is 4.09. The molecular formula is C13H20BrNO4S. The van der Waals surface area contributed by atoms with Crippen LogP contribution in [0.5, 0.6) is 0 Å². The lowest BCUT2D eigenvalue weighted by atomic mass is 10.2. The molecule has 7 heteroatoms. The average molecular weight is 366 g/mol. The van der Waals surface area contributed by atoms with Crippen molar-refractivity contribution in [2.24, 2.45) is 0 Å². The summed E-state index contributed by atoms with van der Waals surface area (Å²) in [5.74, 6) is 0. The zero-order valence-electron chi connectivity index (χ0n) is 12.1. The number of aliphatic hydroxyl groups excluding tert-OH is 1. The minimum absolute atomic E-state index is 0.196. The molecule has 1 aromatic carbocycles. The molecule has 20 heavy (non-hydrogen) atoms. The van der Waals surface area contributed by atoms with Gasteiger partial charge in [-0.15, -0.1) is 0 Å². The molecule has 0 saturated carbocycles. The van der Waals surface area contributed by atoms with E-state index in [1.54, 1.807) is 19.9 Å². The summed E-state index contributed by atoms with van der Waals surface area (Å²) in [7, 11) is -0.575. The summed E-state index contributed by atoms with van der Waals surface area (Å²) in [6.45, 7) is 3.61. The Morgan fingerprint density at radius 1 is 1.45 bits per heavy atom. The van der Waals surface area contributed by atoms with Gasteiger partial charge >= 0.3 is 0 Å². The Labute approximate surface area is 128 Å². The normalized spacial score (nSPS) is 13.8. The number of sulfonamides is 1. The first-order chi connectivity index (χ1) is 9.25. The van der Waals surface area contributed by atoms with Crippen molar-refractivity contribution in [3.63, 3.8) is 0 Å². The molecule has 0 aliphatic carbocycles. The van der Waals surface area contributed by atoms with Crippen LogP contribution in [-0.4, -0.2) is 44.6 Å². The van der Waals surface area contributed by atoms with Crippen molar-refractivity contribution in [2.75, 3.05) is 20.8 Å². The molecule has 0 radical (unpaired) electrons. The fourth-order valence-electron chi connectivity index (χ4n) is 1.80. The minimum atomic E-state index is -3.63. The number of rotatable bonds is 6. The Balaban J connectivity index is 3.31. The molecule has 0 fully saturated rings. The summed E-state index contributed by atoms with van der Waals surface area (Å²) in [4.78, 5) is 0.196. The molecule has 1 rings (SSSR count). The number of likely N-dealkylation sites (N-methyl/N-ethyl adjacent to an activating group) is 1. The van der Waals surface area contributed by atoms with Crippen LogP contribution in [0.3, 0.4) is 0 Å². The van der Waals surface area contributed by atoms with Gasteiger partial charge in [-0.1, -0.05) is 15.9 Å². The predicted molar refractivity (Wildman–Crippen MR) is 81.1 cm³/mol. The first-order valence-electron chi connectivity index (χ1n) is 6.12. The van der Waals surface area contributed by atoms with E-state index >= 15 is 0 Å². The van der Waals surface area contributed by atoms with Crippen LogP contribution in [0.25, 0.3) is 0 Å². The standard InChI is InChI=1S/C13H20BrNO4S/c1-9(8-19-4)15(3)20(17,18)13-6-11(7-16)5-12(14)10(13)2/h5-6,9,16H,7-8H2,1-4H3. The molecule has 0 aliphatic heterocycles. The summed E-state index contributed by atoms with van der Waals surface area (Å²) >= 11 is 3.33. The van der Waals surface area contributed by atoms with Gasteiger partial charge < -0.3 is 9.84 Å². The van der Waals surface area contributed by atoms with Gasteiger partial charge in [0.1, 0.15) is 0 Å². The third-order valence-electron chi connectivity index (χ3n) is 3.22. The Kier molecular flexibility index (Phi) is 6.15. The second kappa shape index (κ2) is 7.00. The first-order valence-corrected chi connectivity index (χ1v) is 8.35. The van der Waals surface area contributed by atoms with Crippen LogP contribution in [0.15, 0.2) is 21.5 Å². The largest absolute Gasteiger partial charge is 0.392 e. The van der Waals surface area contributed by atoms with Gasteiger partial charge in [-0.3, -0.25) is 0 Å². The molecule has 5 nitrogen and oxygen atoms in total. The summed E-state index contributed by atoms with van der Waals surface area (Å²) in [6.07, 6.45) is 0. The average Bonchev–Trinajstić information content (AvgIpc) is 2.40. The zero-order chi connectivity index (χ0) is 15.5. The van der Waals surface area contributed by atoms with Gasteiger partial charge in [-0.2, -0.15) is 4.31 Å². The summed E-state index contributed by atoms with van der Waals surface area (Å²) in [5.41, 5.74) is 1.17. The molecule has 0 aliphatic rings. The Morgan fingerprint density at radius 2 is 2.05 bits per heavy atom. The van der Waals surface area contributed by atoms with Crippen molar-refractivity contribution in [1.82, 2.24) is 4.31 Å². The summed E-state index contributed by atoms with van der Waals surface area (Å²) < 4.78 is 32.3. The summed E-state index contributed by atoms with van der Waals surface area (Å²) in [6, 6.07) is 2.94. The van der Waals surface area contributed by atoms with Gasteiger partial charge in [0, 0.05) is 24.7 Å². The zero-order valence-corrected chi connectivity index (χ0v) is 14.5. The topological polar surface area (TPSA) is 66.8 Å². The van der Waals surface area contributed by atoms with Crippen molar-refractivity contribution >= 4 is 26.0 Å². The molecule has 1 N–H and O–H groups in total. The molecule has 1 atom stereocenters. The number of hydrogen-bond donors (Lipinski definition) is 1. The SMILES string of the molecule is COCC(C)N(C)S(=O)(=O)c1cc(CO)cc(Br)c1C. The Hall–Kier alpha value is -0.470. The number of aliphatic hydroxyl groups is 1. The lowest BCUT2D eigenvalue weighted by Gasteiger charge is -2.25. The van der Waals surface area contributed by atoms with Crippen LogP contribution < -0.4 is 0 Å². The highest BCUT2D eigenvalue weighted by Crippen LogP contribution is 2.28. The number of benzene rings is 1. The van der Waals surface area contributed by atoms with Crippen molar-refractivity contribution in [3.8, 4) is 0 Å². The van der Waals surface area contributed by atoms with E-state index in [1.807, 2.05) is 0 Å². The highest BCUT2D eigenvalue weighted by molar-refractivity contribution is 9.10. The van der Waals surface area contributed by atoms with E-state index in [1.165, 1.54) is 24.5 Å². The molecule has 0 aromatic heterocycles. The van der Waals surface area contributed by atoms with Gasteiger partial charge in [-0.05, 0) is 37.1 Å². The van der Waals surface area contributed by atoms with Crippen LogP contribution in [0, 0.1) is 6.92 Å². The number of hydrogen-bond acceptors (Lipinski definition) is 4. The number of methoxy groups -OCH3 is 1. The van der Waals surface area contributed by atoms with Crippen LogP contribution in [-0.2, 0) is 21.4 Å². The van der Waals surface area contributed by atoms with Crippen molar-refractivity contribution in [2.45, 2.75) is 31.4 Å². The third-order valence-corrected chi connectivity index (χ3v) is 6.15. The first kappa shape index (κ1) is 17.6. The quantitative estimate of drug-likeness (QED) is 0.835. The van der Waals surface area contributed by atoms with Gasteiger partial charge in [0.15, 0.2) is 0 Å². The van der Waals surface area contributed by atoms with Crippen molar-refractivity contribution in [1.29, 1.82) is 0 Å². The number of nitrogens with zero attached hydrogens (tertiary/aromatic N) is 1. The smallest absolute Gasteiger partial charge is 0.243 e. The molecule has 0 bridgehead atoms. The molecule has 0 saturated heterocycles. The molecule has 1 aromatic rings. The maximum atomic E-state index is 12.7. The molecule has 0 heterocycles. The molecule has 0 spiro atoms.